The third kappa shape index (κ3) is 4.43. The van der Waals surface area contributed by atoms with Crippen molar-refractivity contribution in [3.05, 3.63) is 29.8 Å². The third-order valence-electron chi connectivity index (χ3n) is 3.97. The van der Waals surface area contributed by atoms with E-state index < -0.39 is 0 Å². The Bertz CT molecular complexity index is 423. The molecule has 0 aromatic heterocycles. The SMILES string of the molecule is CCCN1CCOC(C(NCC)c2cccc(OC)c2)C1. The molecule has 1 fully saturated rings. The Morgan fingerprint density at radius 2 is 2.29 bits per heavy atom. The van der Waals surface area contributed by atoms with Crippen molar-refractivity contribution in [2.45, 2.75) is 32.4 Å². The van der Waals surface area contributed by atoms with Gasteiger partial charge in [0.1, 0.15) is 5.75 Å². The maximum absolute atomic E-state index is 6.05. The van der Waals surface area contributed by atoms with E-state index in [-0.39, 0.29) is 12.1 Å². The van der Waals surface area contributed by atoms with Gasteiger partial charge in [0.15, 0.2) is 0 Å². The number of nitrogens with zero attached hydrogens (tertiary/aromatic N) is 1. The fourth-order valence-electron chi connectivity index (χ4n) is 2.97. The monoisotopic (exact) mass is 292 g/mol. The van der Waals surface area contributed by atoms with Crippen molar-refractivity contribution in [1.29, 1.82) is 0 Å². The number of morpholine rings is 1. The van der Waals surface area contributed by atoms with E-state index in [2.05, 4.69) is 36.2 Å². The van der Waals surface area contributed by atoms with Gasteiger partial charge in [-0.25, -0.2) is 0 Å². The normalized spacial score (nSPS) is 21.2. The van der Waals surface area contributed by atoms with Gasteiger partial charge in [-0.15, -0.1) is 0 Å². The van der Waals surface area contributed by atoms with Gasteiger partial charge in [-0.1, -0.05) is 26.0 Å². The smallest absolute Gasteiger partial charge is 0.119 e. The standard InChI is InChI=1S/C17H28N2O2/c1-4-9-19-10-11-21-16(13-19)17(18-5-2)14-7-6-8-15(12-14)20-3/h6-8,12,16-18H,4-5,9-11,13H2,1-3H3. The molecule has 1 N–H and O–H groups in total. The number of rotatable bonds is 7. The zero-order valence-electron chi connectivity index (χ0n) is 13.5. The summed E-state index contributed by atoms with van der Waals surface area (Å²) in [6.07, 6.45) is 1.38. The van der Waals surface area contributed by atoms with Crippen LogP contribution in [-0.2, 0) is 4.74 Å². The summed E-state index contributed by atoms with van der Waals surface area (Å²) >= 11 is 0. The Morgan fingerprint density at radius 1 is 1.43 bits per heavy atom. The molecule has 21 heavy (non-hydrogen) atoms. The van der Waals surface area contributed by atoms with E-state index >= 15 is 0 Å². The lowest BCUT2D eigenvalue weighted by atomic mass is 9.99. The third-order valence-corrected chi connectivity index (χ3v) is 3.97. The van der Waals surface area contributed by atoms with Crippen LogP contribution in [0.2, 0.25) is 0 Å². The molecule has 2 rings (SSSR count). The van der Waals surface area contributed by atoms with Crippen LogP contribution >= 0.6 is 0 Å². The molecule has 4 heteroatoms. The zero-order valence-corrected chi connectivity index (χ0v) is 13.5. The Balaban J connectivity index is 2.13. The molecule has 1 aliphatic heterocycles. The van der Waals surface area contributed by atoms with E-state index in [1.54, 1.807) is 7.11 Å². The molecule has 1 aliphatic rings. The van der Waals surface area contributed by atoms with Crippen LogP contribution in [0.15, 0.2) is 24.3 Å². The molecule has 2 unspecified atom stereocenters. The number of benzene rings is 1. The fraction of sp³-hybridized carbons (Fsp3) is 0.647. The Morgan fingerprint density at radius 3 is 3.00 bits per heavy atom. The first-order valence-corrected chi connectivity index (χ1v) is 7.99. The largest absolute Gasteiger partial charge is 0.497 e. The molecule has 118 valence electrons. The van der Waals surface area contributed by atoms with Gasteiger partial charge in [-0.3, -0.25) is 4.90 Å². The van der Waals surface area contributed by atoms with Gasteiger partial charge in [0, 0.05) is 13.1 Å². The topological polar surface area (TPSA) is 33.7 Å². The number of hydrogen-bond acceptors (Lipinski definition) is 4. The highest BCUT2D eigenvalue weighted by atomic mass is 16.5. The number of likely N-dealkylation sites (N-methyl/N-ethyl adjacent to an activating group) is 1. The molecular weight excluding hydrogens is 264 g/mol. The van der Waals surface area contributed by atoms with Crippen molar-refractivity contribution >= 4 is 0 Å². The molecule has 4 nitrogen and oxygen atoms in total. The molecule has 1 heterocycles. The van der Waals surface area contributed by atoms with Crippen LogP contribution < -0.4 is 10.1 Å². The van der Waals surface area contributed by atoms with Crippen LogP contribution in [0.25, 0.3) is 0 Å². The van der Waals surface area contributed by atoms with Gasteiger partial charge < -0.3 is 14.8 Å². The average Bonchev–Trinajstić information content (AvgIpc) is 2.53. The van der Waals surface area contributed by atoms with Crippen molar-refractivity contribution in [2.75, 3.05) is 39.9 Å². The molecule has 1 aromatic carbocycles. The van der Waals surface area contributed by atoms with Crippen molar-refractivity contribution in [3.63, 3.8) is 0 Å². The highest BCUT2D eigenvalue weighted by Crippen LogP contribution is 2.25. The molecule has 1 saturated heterocycles. The van der Waals surface area contributed by atoms with E-state index in [0.717, 1.165) is 38.5 Å². The average molecular weight is 292 g/mol. The lowest BCUT2D eigenvalue weighted by Crippen LogP contribution is -2.48. The number of ether oxygens (including phenoxy) is 2. The van der Waals surface area contributed by atoms with Gasteiger partial charge in [0.25, 0.3) is 0 Å². The Labute approximate surface area is 128 Å². The predicted octanol–water partition coefficient (Wildman–Crippen LogP) is 2.46. The second kappa shape index (κ2) is 8.37. The molecule has 0 bridgehead atoms. The van der Waals surface area contributed by atoms with Gasteiger partial charge in [0.05, 0.1) is 25.9 Å². The van der Waals surface area contributed by atoms with E-state index in [1.807, 2.05) is 12.1 Å². The first-order chi connectivity index (χ1) is 10.3. The van der Waals surface area contributed by atoms with Crippen LogP contribution in [0.1, 0.15) is 31.9 Å². The Hall–Kier alpha value is -1.10. The molecular formula is C17H28N2O2. The summed E-state index contributed by atoms with van der Waals surface area (Å²) in [5.41, 5.74) is 1.24. The summed E-state index contributed by atoms with van der Waals surface area (Å²) < 4.78 is 11.4. The molecule has 2 atom stereocenters. The summed E-state index contributed by atoms with van der Waals surface area (Å²) in [6.45, 7) is 9.29. The lowest BCUT2D eigenvalue weighted by molar-refractivity contribution is -0.0468. The van der Waals surface area contributed by atoms with Crippen molar-refractivity contribution in [2.24, 2.45) is 0 Å². The molecule has 0 spiro atoms. The van der Waals surface area contributed by atoms with Gasteiger partial charge in [-0.05, 0) is 37.2 Å². The van der Waals surface area contributed by atoms with E-state index in [9.17, 15) is 0 Å². The van der Waals surface area contributed by atoms with Gasteiger partial charge in [-0.2, -0.15) is 0 Å². The van der Waals surface area contributed by atoms with Crippen LogP contribution in [0.5, 0.6) is 5.75 Å². The lowest BCUT2D eigenvalue weighted by Gasteiger charge is -2.37. The summed E-state index contributed by atoms with van der Waals surface area (Å²) in [7, 11) is 1.71. The minimum absolute atomic E-state index is 0.192. The second-order valence-corrected chi connectivity index (χ2v) is 5.52. The first-order valence-electron chi connectivity index (χ1n) is 7.99. The molecule has 0 saturated carbocycles. The minimum atomic E-state index is 0.192. The number of hydrogen-bond donors (Lipinski definition) is 1. The summed E-state index contributed by atoms with van der Waals surface area (Å²) in [6, 6.07) is 8.50. The maximum Gasteiger partial charge on any atom is 0.119 e. The molecule has 0 amide bonds. The summed E-state index contributed by atoms with van der Waals surface area (Å²) in [4.78, 5) is 2.50. The predicted molar refractivity (Wildman–Crippen MR) is 85.9 cm³/mol. The van der Waals surface area contributed by atoms with Crippen molar-refractivity contribution < 1.29 is 9.47 Å². The van der Waals surface area contributed by atoms with Crippen molar-refractivity contribution in [3.8, 4) is 5.75 Å². The van der Waals surface area contributed by atoms with Crippen LogP contribution in [0.4, 0.5) is 0 Å². The van der Waals surface area contributed by atoms with E-state index in [0.29, 0.717) is 0 Å². The van der Waals surface area contributed by atoms with Crippen LogP contribution in [0, 0.1) is 0 Å². The van der Waals surface area contributed by atoms with Crippen molar-refractivity contribution in [1.82, 2.24) is 10.2 Å². The highest BCUT2D eigenvalue weighted by Gasteiger charge is 2.28. The molecule has 0 aliphatic carbocycles. The molecule has 0 radical (unpaired) electrons. The number of nitrogens with one attached hydrogen (secondary N) is 1. The summed E-state index contributed by atoms with van der Waals surface area (Å²) in [5, 5.41) is 3.58. The van der Waals surface area contributed by atoms with Crippen LogP contribution in [0.3, 0.4) is 0 Å². The highest BCUT2D eigenvalue weighted by molar-refractivity contribution is 5.31. The number of methoxy groups -OCH3 is 1. The molecule has 1 aromatic rings. The van der Waals surface area contributed by atoms with Crippen LogP contribution in [-0.4, -0.2) is 50.9 Å². The van der Waals surface area contributed by atoms with Gasteiger partial charge in [0.2, 0.25) is 0 Å². The first kappa shape index (κ1) is 16.3. The summed E-state index contributed by atoms with van der Waals surface area (Å²) in [5.74, 6) is 0.900. The quantitative estimate of drug-likeness (QED) is 0.837. The maximum atomic E-state index is 6.05. The minimum Gasteiger partial charge on any atom is -0.497 e. The van der Waals surface area contributed by atoms with Gasteiger partial charge >= 0.3 is 0 Å². The second-order valence-electron chi connectivity index (χ2n) is 5.52. The zero-order chi connectivity index (χ0) is 15.1. The Kier molecular flexibility index (Phi) is 6.49. The van der Waals surface area contributed by atoms with E-state index in [4.69, 9.17) is 9.47 Å². The van der Waals surface area contributed by atoms with E-state index in [1.165, 1.54) is 12.0 Å². The fourth-order valence-corrected chi connectivity index (χ4v) is 2.97.